The van der Waals surface area contributed by atoms with Gasteiger partial charge in [0.1, 0.15) is 5.82 Å². The van der Waals surface area contributed by atoms with E-state index in [0.29, 0.717) is 39.9 Å². The number of methoxy groups -OCH3 is 3. The van der Waals surface area contributed by atoms with Crippen LogP contribution in [-0.4, -0.2) is 38.0 Å². The number of rotatable bonds is 10. The van der Waals surface area contributed by atoms with Gasteiger partial charge in [0.25, 0.3) is 5.91 Å². The maximum Gasteiger partial charge on any atom is 0.255 e. The number of hydrogen-bond acceptors (Lipinski definition) is 8. The van der Waals surface area contributed by atoms with Gasteiger partial charge in [-0.2, -0.15) is 0 Å². The molecule has 35 heavy (non-hydrogen) atoms. The van der Waals surface area contributed by atoms with E-state index < -0.39 is 6.04 Å². The van der Waals surface area contributed by atoms with Crippen LogP contribution in [0, 0.1) is 0 Å². The van der Waals surface area contributed by atoms with E-state index in [1.54, 1.807) is 54.6 Å². The summed E-state index contributed by atoms with van der Waals surface area (Å²) in [5, 5.41) is 2.76. The number of carbonyl (C=O) groups is 2. The lowest BCUT2D eigenvalue weighted by molar-refractivity contribution is -0.114. The molecule has 1 atom stereocenters. The zero-order chi connectivity index (χ0) is 25.4. The van der Waals surface area contributed by atoms with Gasteiger partial charge < -0.3 is 31.0 Å². The number of carbonyl (C=O) groups excluding carboxylic acids is 2. The van der Waals surface area contributed by atoms with Gasteiger partial charge in [-0.25, -0.2) is 4.98 Å². The molecule has 0 saturated carbocycles. The van der Waals surface area contributed by atoms with Crippen LogP contribution in [0.15, 0.2) is 60.8 Å². The third-order valence-corrected chi connectivity index (χ3v) is 5.21. The molecule has 0 aliphatic carbocycles. The van der Waals surface area contributed by atoms with Crippen molar-refractivity contribution in [3.8, 4) is 17.2 Å². The summed E-state index contributed by atoms with van der Waals surface area (Å²) in [5.41, 5.74) is 14.3. The smallest absolute Gasteiger partial charge is 0.255 e. The molecule has 9 nitrogen and oxygen atoms in total. The van der Waals surface area contributed by atoms with E-state index in [1.165, 1.54) is 33.6 Å². The quantitative estimate of drug-likeness (QED) is 0.377. The summed E-state index contributed by atoms with van der Waals surface area (Å²) in [6.07, 6.45) is 4.74. The lowest BCUT2D eigenvalue weighted by Gasteiger charge is -2.13. The number of benzene rings is 2. The van der Waals surface area contributed by atoms with Crippen LogP contribution in [0.2, 0.25) is 0 Å². The number of nitrogens with one attached hydrogen (secondary N) is 1. The number of ketones is 1. The van der Waals surface area contributed by atoms with Crippen molar-refractivity contribution in [1.29, 1.82) is 0 Å². The average molecular weight is 477 g/mol. The third kappa shape index (κ3) is 6.58. The molecular weight excluding hydrogens is 448 g/mol. The average Bonchev–Trinajstić information content (AvgIpc) is 2.86. The number of nitrogens with zero attached hydrogens (tertiary/aromatic N) is 1. The molecule has 182 valence electrons. The Morgan fingerprint density at radius 2 is 1.66 bits per heavy atom. The fraction of sp³-hybridized carbons (Fsp3) is 0.192. The standard InChI is InChI=1S/C26H28N4O5/c1-33-22-12-16(13-23(34-2)25(22)35-3)4-9-20(31)15-21(27)17-5-7-18(8-6-17)26(32)30-19-10-11-29-24(28)14-19/h4-14,21H,15,27H2,1-3H3,(H3,28,29,30,32)/b9-4+. The lowest BCUT2D eigenvalue weighted by atomic mass is 10.00. The number of aromatic nitrogens is 1. The van der Waals surface area contributed by atoms with Gasteiger partial charge >= 0.3 is 0 Å². The first-order chi connectivity index (χ1) is 16.8. The van der Waals surface area contributed by atoms with Crippen molar-refractivity contribution >= 4 is 29.3 Å². The Balaban J connectivity index is 1.62. The maximum absolute atomic E-state index is 12.5. The van der Waals surface area contributed by atoms with Crippen LogP contribution in [-0.2, 0) is 4.79 Å². The SMILES string of the molecule is COc1cc(/C=C/C(=O)CC(N)c2ccc(C(=O)Nc3ccnc(N)c3)cc2)cc(OC)c1OC. The van der Waals surface area contributed by atoms with Crippen LogP contribution >= 0.6 is 0 Å². The molecule has 0 saturated heterocycles. The number of pyridine rings is 1. The van der Waals surface area contributed by atoms with Crippen LogP contribution in [0.4, 0.5) is 11.5 Å². The largest absolute Gasteiger partial charge is 0.493 e. The zero-order valence-electron chi connectivity index (χ0n) is 19.8. The molecule has 9 heteroatoms. The van der Waals surface area contributed by atoms with Gasteiger partial charge in [0.05, 0.1) is 21.3 Å². The molecule has 0 fully saturated rings. The van der Waals surface area contributed by atoms with Crippen molar-refractivity contribution in [2.75, 3.05) is 32.4 Å². The van der Waals surface area contributed by atoms with Crippen molar-refractivity contribution < 1.29 is 23.8 Å². The van der Waals surface area contributed by atoms with E-state index >= 15 is 0 Å². The van der Waals surface area contributed by atoms with Crippen molar-refractivity contribution in [2.24, 2.45) is 5.73 Å². The van der Waals surface area contributed by atoms with E-state index in [0.717, 1.165) is 5.56 Å². The molecule has 1 aromatic heterocycles. The highest BCUT2D eigenvalue weighted by Gasteiger charge is 2.14. The van der Waals surface area contributed by atoms with E-state index in [1.807, 2.05) is 0 Å². The van der Waals surface area contributed by atoms with Crippen LogP contribution < -0.4 is 31.0 Å². The highest BCUT2D eigenvalue weighted by molar-refractivity contribution is 6.04. The van der Waals surface area contributed by atoms with Crippen molar-refractivity contribution in [1.82, 2.24) is 4.98 Å². The lowest BCUT2D eigenvalue weighted by Crippen LogP contribution is -2.15. The molecule has 0 aliphatic rings. The van der Waals surface area contributed by atoms with Crippen LogP contribution in [0.25, 0.3) is 6.08 Å². The van der Waals surface area contributed by atoms with Gasteiger partial charge in [0, 0.05) is 36.0 Å². The first kappa shape index (κ1) is 25.3. The highest BCUT2D eigenvalue weighted by Crippen LogP contribution is 2.38. The summed E-state index contributed by atoms with van der Waals surface area (Å²) in [6.45, 7) is 0. The van der Waals surface area contributed by atoms with Gasteiger partial charge in [0.2, 0.25) is 5.75 Å². The summed E-state index contributed by atoms with van der Waals surface area (Å²) < 4.78 is 16.0. The Labute approximate surface area is 203 Å². The Kier molecular flexibility index (Phi) is 8.42. The van der Waals surface area contributed by atoms with E-state index in [4.69, 9.17) is 25.7 Å². The van der Waals surface area contributed by atoms with E-state index in [-0.39, 0.29) is 18.1 Å². The van der Waals surface area contributed by atoms with E-state index in [9.17, 15) is 9.59 Å². The summed E-state index contributed by atoms with van der Waals surface area (Å²) in [7, 11) is 4.58. The second-order valence-electron chi connectivity index (χ2n) is 7.61. The van der Waals surface area contributed by atoms with Crippen LogP contribution in [0.1, 0.15) is 33.9 Å². The summed E-state index contributed by atoms with van der Waals surface area (Å²) >= 11 is 0. The van der Waals surface area contributed by atoms with Gasteiger partial charge in [-0.3, -0.25) is 9.59 Å². The number of amides is 1. The topological polar surface area (TPSA) is 139 Å². The molecule has 1 amide bonds. The van der Waals surface area contributed by atoms with E-state index in [2.05, 4.69) is 10.3 Å². The van der Waals surface area contributed by atoms with Gasteiger partial charge in [0.15, 0.2) is 17.3 Å². The third-order valence-electron chi connectivity index (χ3n) is 5.21. The fourth-order valence-corrected chi connectivity index (χ4v) is 3.40. The Hall–Kier alpha value is -4.37. The molecular formula is C26H28N4O5. The predicted octanol–water partition coefficient (Wildman–Crippen LogP) is 3.61. The highest BCUT2D eigenvalue weighted by atomic mass is 16.5. The molecule has 0 spiro atoms. The second-order valence-corrected chi connectivity index (χ2v) is 7.61. The fourth-order valence-electron chi connectivity index (χ4n) is 3.40. The summed E-state index contributed by atoms with van der Waals surface area (Å²) in [4.78, 5) is 28.8. The number of nitrogen functional groups attached to an aromatic ring is 1. The minimum atomic E-state index is -0.524. The monoisotopic (exact) mass is 476 g/mol. The van der Waals surface area contributed by atoms with Crippen LogP contribution in [0.3, 0.4) is 0 Å². The second kappa shape index (κ2) is 11.7. The summed E-state index contributed by atoms with van der Waals surface area (Å²) in [5.74, 6) is 1.33. The minimum Gasteiger partial charge on any atom is -0.493 e. The maximum atomic E-state index is 12.5. The summed E-state index contributed by atoms with van der Waals surface area (Å²) in [6, 6.07) is 13.0. The molecule has 2 aromatic carbocycles. The van der Waals surface area contributed by atoms with Gasteiger partial charge in [-0.1, -0.05) is 18.2 Å². The minimum absolute atomic E-state index is 0.1000. The van der Waals surface area contributed by atoms with Gasteiger partial charge in [-0.05, 0) is 47.5 Å². The normalized spacial score (nSPS) is 11.7. The molecule has 1 heterocycles. The Morgan fingerprint density at radius 3 is 2.23 bits per heavy atom. The van der Waals surface area contributed by atoms with Crippen LogP contribution in [0.5, 0.6) is 17.2 Å². The molecule has 3 aromatic rings. The number of ether oxygens (including phenoxy) is 3. The number of anilines is 2. The van der Waals surface area contributed by atoms with Crippen molar-refractivity contribution in [3.05, 3.63) is 77.5 Å². The molecule has 5 N–H and O–H groups in total. The Morgan fingerprint density at radius 1 is 1.00 bits per heavy atom. The number of hydrogen-bond donors (Lipinski definition) is 3. The first-order valence-electron chi connectivity index (χ1n) is 10.7. The zero-order valence-corrected chi connectivity index (χ0v) is 19.8. The number of nitrogens with two attached hydrogens (primary N) is 2. The van der Waals surface area contributed by atoms with Crippen molar-refractivity contribution in [3.63, 3.8) is 0 Å². The molecule has 0 bridgehead atoms. The van der Waals surface area contributed by atoms with Gasteiger partial charge in [-0.15, -0.1) is 0 Å². The molecule has 3 rings (SSSR count). The first-order valence-corrected chi connectivity index (χ1v) is 10.7. The molecule has 0 aliphatic heterocycles. The number of allylic oxidation sites excluding steroid dienone is 1. The molecule has 1 unspecified atom stereocenters. The molecule has 0 radical (unpaired) electrons. The predicted molar refractivity (Wildman–Crippen MR) is 135 cm³/mol. The Bertz CT molecular complexity index is 1200. The van der Waals surface area contributed by atoms with Crippen molar-refractivity contribution in [2.45, 2.75) is 12.5 Å².